The van der Waals surface area contributed by atoms with Gasteiger partial charge in [-0.2, -0.15) is 0 Å². The summed E-state index contributed by atoms with van der Waals surface area (Å²) in [5.74, 6) is 0.786. The van der Waals surface area contributed by atoms with E-state index in [0.29, 0.717) is 17.3 Å². The summed E-state index contributed by atoms with van der Waals surface area (Å²) in [5.41, 5.74) is 2.83. The molecule has 0 radical (unpaired) electrons. The van der Waals surface area contributed by atoms with Crippen LogP contribution in [0.5, 0.6) is 0 Å². The largest absolute Gasteiger partial charge is 0.325 e. The minimum Gasteiger partial charge on any atom is -0.291 e. The molecule has 2 aromatic heterocycles. The van der Waals surface area contributed by atoms with Crippen molar-refractivity contribution in [3.63, 3.8) is 0 Å². The molecule has 28 heavy (non-hydrogen) atoms. The number of hydrogen-bond donors (Lipinski definition) is 1. The van der Waals surface area contributed by atoms with Crippen LogP contribution in [0.2, 0.25) is 0 Å². The van der Waals surface area contributed by atoms with Crippen molar-refractivity contribution in [1.29, 1.82) is 0 Å². The number of carbonyl (C=O) groups excluding carboxylic acids is 1. The summed E-state index contributed by atoms with van der Waals surface area (Å²) >= 11 is 3.05. The van der Waals surface area contributed by atoms with E-state index in [1.165, 1.54) is 11.8 Å². The van der Waals surface area contributed by atoms with E-state index in [2.05, 4.69) is 4.98 Å². The number of para-hydroxylation sites is 1. The molecule has 3 aromatic rings. The molecule has 1 aliphatic rings. The van der Waals surface area contributed by atoms with Crippen LogP contribution in [-0.4, -0.2) is 21.7 Å². The third-order valence-corrected chi connectivity index (χ3v) is 6.55. The highest BCUT2D eigenvalue weighted by Crippen LogP contribution is 2.39. The summed E-state index contributed by atoms with van der Waals surface area (Å²) in [6.45, 7) is 5.89. The van der Waals surface area contributed by atoms with E-state index in [4.69, 9.17) is 5.10 Å². The Labute approximate surface area is 171 Å². The first-order valence-corrected chi connectivity index (χ1v) is 11.1. The first kappa shape index (κ1) is 18.9. The van der Waals surface area contributed by atoms with E-state index in [0.717, 1.165) is 27.4 Å². The Hall–Kier alpha value is -2.45. The maximum absolute atomic E-state index is 13.1. The lowest BCUT2D eigenvalue weighted by molar-refractivity contribution is -0.762. The first-order valence-electron chi connectivity index (χ1n) is 9.21. The SMILES string of the molecule is CCSc1n[n+]2c(c(=O)[nH]1)-c1ccccc1N(C(=O)CC)[C@H]2c1sccc1C. The van der Waals surface area contributed by atoms with E-state index in [9.17, 15) is 9.59 Å². The van der Waals surface area contributed by atoms with Crippen molar-refractivity contribution < 1.29 is 9.48 Å². The zero-order chi connectivity index (χ0) is 19.8. The van der Waals surface area contributed by atoms with Gasteiger partial charge in [0, 0.05) is 11.5 Å². The Balaban J connectivity index is 2.08. The van der Waals surface area contributed by atoms with Crippen LogP contribution >= 0.6 is 23.1 Å². The number of carbonyl (C=O) groups is 1. The lowest BCUT2D eigenvalue weighted by Crippen LogP contribution is -2.60. The smallest absolute Gasteiger partial charge is 0.291 e. The first-order chi connectivity index (χ1) is 13.6. The van der Waals surface area contributed by atoms with Gasteiger partial charge in [0.15, 0.2) is 0 Å². The molecule has 1 atom stereocenters. The summed E-state index contributed by atoms with van der Waals surface area (Å²) in [7, 11) is 0. The van der Waals surface area contributed by atoms with Gasteiger partial charge in [0.25, 0.3) is 0 Å². The van der Waals surface area contributed by atoms with Gasteiger partial charge in [0.05, 0.1) is 11.3 Å². The number of rotatable bonds is 4. The van der Waals surface area contributed by atoms with Crippen LogP contribution in [0.15, 0.2) is 45.7 Å². The monoisotopic (exact) mass is 413 g/mol. The molecule has 0 fully saturated rings. The van der Waals surface area contributed by atoms with Gasteiger partial charge >= 0.3 is 17.4 Å². The number of anilines is 1. The predicted octanol–water partition coefficient (Wildman–Crippen LogP) is 3.51. The fourth-order valence-corrected chi connectivity index (χ4v) is 5.08. The number of thioether (sulfide) groups is 1. The fraction of sp³-hybridized carbons (Fsp3) is 0.300. The van der Waals surface area contributed by atoms with Crippen molar-refractivity contribution >= 4 is 34.7 Å². The van der Waals surface area contributed by atoms with Crippen molar-refractivity contribution in [3.8, 4) is 11.3 Å². The van der Waals surface area contributed by atoms with Crippen LogP contribution in [0.25, 0.3) is 11.3 Å². The van der Waals surface area contributed by atoms with E-state index < -0.39 is 6.17 Å². The second-order valence-corrected chi connectivity index (χ2v) is 8.66. The molecule has 0 saturated heterocycles. The van der Waals surface area contributed by atoms with Crippen LogP contribution in [0.1, 0.15) is 36.9 Å². The molecule has 3 heterocycles. The molecule has 0 aliphatic carbocycles. The number of aromatic amines is 1. The van der Waals surface area contributed by atoms with E-state index in [-0.39, 0.29) is 11.5 Å². The molecule has 6 nitrogen and oxygen atoms in total. The van der Waals surface area contributed by atoms with Gasteiger partial charge < -0.3 is 0 Å². The number of nitrogens with zero attached hydrogens (tertiary/aromatic N) is 3. The number of fused-ring (bicyclic) bond motifs is 3. The molecule has 4 rings (SSSR count). The van der Waals surface area contributed by atoms with Crippen LogP contribution in [0.4, 0.5) is 5.69 Å². The summed E-state index contributed by atoms with van der Waals surface area (Å²) in [6.07, 6.45) is -0.110. The molecule has 0 unspecified atom stereocenters. The minimum absolute atomic E-state index is 0.00447. The molecule has 8 heteroatoms. The number of hydrogen-bond acceptors (Lipinski definition) is 5. The number of aromatic nitrogens is 3. The lowest BCUT2D eigenvalue weighted by Gasteiger charge is -2.31. The van der Waals surface area contributed by atoms with Crippen LogP contribution in [0.3, 0.4) is 0 Å². The lowest BCUT2D eigenvalue weighted by atomic mass is 10.0. The second-order valence-electron chi connectivity index (χ2n) is 6.46. The zero-order valence-electron chi connectivity index (χ0n) is 15.9. The van der Waals surface area contributed by atoms with Gasteiger partial charge in [0.1, 0.15) is 4.88 Å². The van der Waals surface area contributed by atoms with Gasteiger partial charge in [-0.25, -0.2) is 4.90 Å². The van der Waals surface area contributed by atoms with Crippen molar-refractivity contribution in [2.45, 2.75) is 38.5 Å². The van der Waals surface area contributed by atoms with E-state index >= 15 is 0 Å². The molecule has 0 bridgehead atoms. The normalized spacial score (nSPS) is 15.2. The average molecular weight is 414 g/mol. The molecule has 1 N–H and O–H groups in total. The molecule has 0 saturated carbocycles. The highest BCUT2D eigenvalue weighted by Gasteiger charge is 2.46. The van der Waals surface area contributed by atoms with Gasteiger partial charge in [-0.05, 0) is 46.5 Å². The highest BCUT2D eigenvalue weighted by atomic mass is 32.2. The quantitative estimate of drug-likeness (QED) is 0.525. The Bertz CT molecular complexity index is 1110. The standard InChI is InChI=1S/C20H20N4O2S2/c1-4-15(25)23-14-9-7-6-8-13(14)16-18(26)21-20(27-5-2)22-24(16)19(23)17-12(3)10-11-28-17/h6-11,19H,4-5H2,1-3H3/p+1/t19-/m1/s1. The molecular weight excluding hydrogens is 392 g/mol. The molecule has 144 valence electrons. The average Bonchev–Trinajstić information content (AvgIpc) is 3.11. The Morgan fingerprint density at radius 2 is 2.11 bits per heavy atom. The number of nitrogens with one attached hydrogen (secondary N) is 1. The Morgan fingerprint density at radius 1 is 1.32 bits per heavy atom. The zero-order valence-corrected chi connectivity index (χ0v) is 17.6. The van der Waals surface area contributed by atoms with Crippen LogP contribution in [0, 0.1) is 6.92 Å². The number of aryl methyl sites for hydroxylation is 1. The number of benzene rings is 1. The summed E-state index contributed by atoms with van der Waals surface area (Å²) < 4.78 is 1.73. The molecular formula is C20H21N4O2S2+. The Kier molecular flexibility index (Phi) is 5.07. The van der Waals surface area contributed by atoms with E-state index in [1.54, 1.807) is 20.9 Å². The van der Waals surface area contributed by atoms with E-state index in [1.807, 2.05) is 56.5 Å². The minimum atomic E-state index is -0.476. The number of thiophene rings is 1. The molecule has 1 aromatic carbocycles. The molecule has 0 spiro atoms. The summed E-state index contributed by atoms with van der Waals surface area (Å²) in [4.78, 5) is 31.8. The summed E-state index contributed by atoms with van der Waals surface area (Å²) in [5, 5.41) is 7.31. The van der Waals surface area contributed by atoms with Crippen molar-refractivity contribution in [3.05, 3.63) is 56.5 Å². The Morgan fingerprint density at radius 3 is 2.79 bits per heavy atom. The van der Waals surface area contributed by atoms with Gasteiger partial charge in [0.2, 0.25) is 11.1 Å². The van der Waals surface area contributed by atoms with Crippen molar-refractivity contribution in [2.24, 2.45) is 0 Å². The molecule has 1 amide bonds. The van der Waals surface area contributed by atoms with Crippen LogP contribution < -0.4 is 15.1 Å². The third kappa shape index (κ3) is 2.97. The van der Waals surface area contributed by atoms with Gasteiger partial charge in [-0.1, -0.05) is 37.7 Å². The summed E-state index contributed by atoms with van der Waals surface area (Å²) in [6, 6.07) is 9.58. The van der Waals surface area contributed by atoms with Gasteiger partial charge in [-0.3, -0.25) is 14.6 Å². The highest BCUT2D eigenvalue weighted by molar-refractivity contribution is 7.99. The maximum Gasteiger partial charge on any atom is 0.325 e. The topological polar surface area (TPSA) is 69.9 Å². The van der Waals surface area contributed by atoms with Crippen LogP contribution in [-0.2, 0) is 4.79 Å². The van der Waals surface area contributed by atoms with Crippen molar-refractivity contribution in [1.82, 2.24) is 10.1 Å². The van der Waals surface area contributed by atoms with Gasteiger partial charge in [-0.15, -0.1) is 11.3 Å². The fourth-order valence-electron chi connectivity index (χ4n) is 3.50. The maximum atomic E-state index is 13.1. The number of amides is 1. The second kappa shape index (κ2) is 7.52. The van der Waals surface area contributed by atoms with Crippen molar-refractivity contribution in [2.75, 3.05) is 10.7 Å². The molecule has 1 aliphatic heterocycles. The third-order valence-electron chi connectivity index (χ3n) is 4.75. The number of H-pyrrole nitrogens is 1. The predicted molar refractivity (Wildman–Crippen MR) is 112 cm³/mol.